The molecule has 3 N–H and O–H groups in total. The second kappa shape index (κ2) is 8.29. The largest absolute Gasteiger partial charge is 0.478 e. The van der Waals surface area contributed by atoms with Gasteiger partial charge in [0.05, 0.1) is 29.8 Å². The van der Waals surface area contributed by atoms with Gasteiger partial charge in [0, 0.05) is 25.7 Å². The van der Waals surface area contributed by atoms with Gasteiger partial charge in [0.15, 0.2) is 0 Å². The van der Waals surface area contributed by atoms with Gasteiger partial charge in [-0.2, -0.15) is 5.26 Å². The molecule has 0 saturated carbocycles. The van der Waals surface area contributed by atoms with Crippen molar-refractivity contribution in [2.45, 2.75) is 56.4 Å². The van der Waals surface area contributed by atoms with Crippen LogP contribution in [0.15, 0.2) is 24.3 Å². The van der Waals surface area contributed by atoms with Gasteiger partial charge in [0.25, 0.3) is 0 Å². The SMILES string of the molecule is C[C@@H](c1ccc(C(=O)O)cc1)N1C(=O)[C@@H]2CC1CN2C[C@H](N)C(=O)N1CCC[C@H]1C#N. The predicted molar refractivity (Wildman–Crippen MR) is 111 cm³/mol. The van der Waals surface area contributed by atoms with E-state index in [2.05, 4.69) is 6.07 Å². The van der Waals surface area contributed by atoms with Crippen molar-refractivity contribution >= 4 is 17.8 Å². The molecule has 2 bridgehead atoms. The monoisotopic (exact) mass is 425 g/mol. The van der Waals surface area contributed by atoms with Crippen LogP contribution in [0.3, 0.4) is 0 Å². The number of likely N-dealkylation sites (tertiary alicyclic amines) is 3. The van der Waals surface area contributed by atoms with Crippen LogP contribution in [0.2, 0.25) is 0 Å². The number of nitrogens with zero attached hydrogens (tertiary/aromatic N) is 4. The van der Waals surface area contributed by atoms with Crippen LogP contribution in [0.25, 0.3) is 0 Å². The topological polar surface area (TPSA) is 131 Å². The van der Waals surface area contributed by atoms with E-state index in [1.165, 1.54) is 0 Å². The maximum atomic E-state index is 13.1. The fourth-order valence-corrected chi connectivity index (χ4v) is 5.17. The number of carbonyl (C=O) groups excluding carboxylic acids is 2. The molecule has 3 saturated heterocycles. The minimum Gasteiger partial charge on any atom is -0.478 e. The Balaban J connectivity index is 1.39. The van der Waals surface area contributed by atoms with Crippen LogP contribution in [0.1, 0.15) is 48.1 Å². The van der Waals surface area contributed by atoms with E-state index in [4.69, 9.17) is 10.8 Å². The Labute approximate surface area is 181 Å². The molecule has 31 heavy (non-hydrogen) atoms. The van der Waals surface area contributed by atoms with Gasteiger partial charge in [0.2, 0.25) is 11.8 Å². The number of rotatable bonds is 6. The molecular formula is C22H27N5O4. The summed E-state index contributed by atoms with van der Waals surface area (Å²) in [4.78, 5) is 42.3. The van der Waals surface area contributed by atoms with Gasteiger partial charge >= 0.3 is 5.97 Å². The van der Waals surface area contributed by atoms with Crippen molar-refractivity contribution < 1.29 is 19.5 Å². The molecule has 0 aliphatic carbocycles. The van der Waals surface area contributed by atoms with Gasteiger partial charge in [0.1, 0.15) is 6.04 Å². The lowest BCUT2D eigenvalue weighted by Crippen LogP contribution is -2.56. The van der Waals surface area contributed by atoms with Crippen molar-refractivity contribution in [2.24, 2.45) is 5.73 Å². The van der Waals surface area contributed by atoms with Gasteiger partial charge in [-0.25, -0.2) is 4.79 Å². The maximum Gasteiger partial charge on any atom is 0.335 e. The second-order valence-corrected chi connectivity index (χ2v) is 8.63. The molecule has 164 valence electrons. The zero-order valence-electron chi connectivity index (χ0n) is 17.5. The summed E-state index contributed by atoms with van der Waals surface area (Å²) >= 11 is 0. The Morgan fingerprint density at radius 3 is 2.65 bits per heavy atom. The Morgan fingerprint density at radius 1 is 1.32 bits per heavy atom. The minimum atomic E-state index is -0.980. The average molecular weight is 425 g/mol. The van der Waals surface area contributed by atoms with E-state index in [1.807, 2.05) is 16.7 Å². The first-order valence-corrected chi connectivity index (χ1v) is 10.7. The zero-order valence-corrected chi connectivity index (χ0v) is 17.5. The number of hydrogen-bond donors (Lipinski definition) is 2. The van der Waals surface area contributed by atoms with Crippen molar-refractivity contribution in [1.29, 1.82) is 5.26 Å². The molecule has 3 fully saturated rings. The number of aromatic carboxylic acids is 1. The summed E-state index contributed by atoms with van der Waals surface area (Å²) in [5, 5.41) is 18.3. The molecular weight excluding hydrogens is 398 g/mol. The molecule has 3 aliphatic rings. The quantitative estimate of drug-likeness (QED) is 0.681. The third-order valence-corrected chi connectivity index (χ3v) is 6.80. The van der Waals surface area contributed by atoms with Crippen molar-refractivity contribution in [1.82, 2.24) is 14.7 Å². The van der Waals surface area contributed by atoms with Crippen LogP contribution in [0.5, 0.6) is 0 Å². The first kappa shape index (κ1) is 21.3. The number of piperazine rings is 1. The Kier molecular flexibility index (Phi) is 5.69. The molecule has 4 rings (SSSR count). The van der Waals surface area contributed by atoms with Crippen molar-refractivity contribution in [2.75, 3.05) is 19.6 Å². The second-order valence-electron chi connectivity index (χ2n) is 8.63. The molecule has 3 aliphatic heterocycles. The number of carboxylic acid groups (broad SMARTS) is 1. The highest BCUT2D eigenvalue weighted by Gasteiger charge is 2.51. The molecule has 1 aromatic carbocycles. The molecule has 2 amide bonds. The first-order chi connectivity index (χ1) is 14.8. The Hall–Kier alpha value is -2.96. The number of nitriles is 1. The smallest absolute Gasteiger partial charge is 0.335 e. The van der Waals surface area contributed by atoms with Crippen molar-refractivity contribution in [3.63, 3.8) is 0 Å². The molecule has 0 spiro atoms. The summed E-state index contributed by atoms with van der Waals surface area (Å²) < 4.78 is 0. The number of fused-ring (bicyclic) bond motifs is 2. The summed E-state index contributed by atoms with van der Waals surface area (Å²) in [6.07, 6.45) is 2.19. The highest BCUT2D eigenvalue weighted by atomic mass is 16.4. The maximum absolute atomic E-state index is 13.1. The Morgan fingerprint density at radius 2 is 2.03 bits per heavy atom. The molecule has 1 aromatic rings. The first-order valence-electron chi connectivity index (χ1n) is 10.7. The summed E-state index contributed by atoms with van der Waals surface area (Å²) in [5.74, 6) is -1.18. The van der Waals surface area contributed by atoms with Crippen LogP contribution in [-0.4, -0.2) is 81.4 Å². The van der Waals surface area contributed by atoms with Crippen LogP contribution in [0.4, 0.5) is 0 Å². The molecule has 0 aromatic heterocycles. The zero-order chi connectivity index (χ0) is 22.3. The number of amides is 2. The summed E-state index contributed by atoms with van der Waals surface area (Å²) in [5.41, 5.74) is 7.28. The lowest BCUT2D eigenvalue weighted by Gasteiger charge is -2.38. The van der Waals surface area contributed by atoms with Crippen LogP contribution in [0, 0.1) is 11.3 Å². The van der Waals surface area contributed by atoms with Crippen molar-refractivity contribution in [3.8, 4) is 6.07 Å². The molecule has 1 unspecified atom stereocenters. The molecule has 3 heterocycles. The van der Waals surface area contributed by atoms with Crippen LogP contribution in [-0.2, 0) is 9.59 Å². The standard InChI is InChI=1S/C22H27N5O4/c1-13(14-4-6-15(7-5-14)22(30)31)27-17-9-19(21(27)29)25(11-17)12-18(24)20(28)26-8-2-3-16(26)10-23/h4-7,13,16-19H,2-3,8-9,11-12,24H2,1H3,(H,30,31)/t13-,16-,17?,18-,19-/m0/s1. The molecule has 0 radical (unpaired) electrons. The van der Waals surface area contributed by atoms with E-state index in [0.29, 0.717) is 32.5 Å². The number of carboxylic acids is 1. The fraction of sp³-hybridized carbons (Fsp3) is 0.545. The Bertz CT molecular complexity index is 927. The normalized spacial score (nSPS) is 27.4. The number of nitrogens with two attached hydrogens (primary N) is 1. The molecule has 5 atom stereocenters. The molecule has 9 heteroatoms. The van der Waals surface area contributed by atoms with E-state index in [-0.39, 0.29) is 35.5 Å². The highest BCUT2D eigenvalue weighted by molar-refractivity contribution is 5.88. The van der Waals surface area contributed by atoms with Crippen LogP contribution >= 0.6 is 0 Å². The van der Waals surface area contributed by atoms with Crippen LogP contribution < -0.4 is 5.73 Å². The van der Waals surface area contributed by atoms with Gasteiger partial charge in [-0.05, 0) is 43.9 Å². The average Bonchev–Trinajstić information content (AvgIpc) is 3.47. The fourth-order valence-electron chi connectivity index (χ4n) is 5.17. The molecule has 9 nitrogen and oxygen atoms in total. The third kappa shape index (κ3) is 3.77. The predicted octanol–water partition coefficient (Wildman–Crippen LogP) is 0.573. The van der Waals surface area contributed by atoms with Crippen molar-refractivity contribution in [3.05, 3.63) is 35.4 Å². The minimum absolute atomic E-state index is 0.0155. The van der Waals surface area contributed by atoms with Gasteiger partial charge in [-0.3, -0.25) is 14.5 Å². The third-order valence-electron chi connectivity index (χ3n) is 6.80. The highest BCUT2D eigenvalue weighted by Crippen LogP contribution is 2.38. The summed E-state index contributed by atoms with van der Waals surface area (Å²) in [7, 11) is 0. The van der Waals surface area contributed by atoms with E-state index < -0.39 is 18.1 Å². The van der Waals surface area contributed by atoms with E-state index in [0.717, 1.165) is 12.0 Å². The van der Waals surface area contributed by atoms with E-state index in [9.17, 15) is 19.6 Å². The van der Waals surface area contributed by atoms with Gasteiger partial charge in [-0.15, -0.1) is 0 Å². The number of benzene rings is 1. The summed E-state index contributed by atoms with van der Waals surface area (Å²) in [6.45, 7) is 3.46. The van der Waals surface area contributed by atoms with Gasteiger partial charge in [-0.1, -0.05) is 12.1 Å². The number of carbonyl (C=O) groups is 3. The summed E-state index contributed by atoms with van der Waals surface area (Å²) in [6, 6.07) is 7.19. The lowest BCUT2D eigenvalue weighted by atomic mass is 10.0. The van der Waals surface area contributed by atoms with E-state index >= 15 is 0 Å². The van der Waals surface area contributed by atoms with Gasteiger partial charge < -0.3 is 20.6 Å². The number of hydrogen-bond acceptors (Lipinski definition) is 6. The van der Waals surface area contributed by atoms with E-state index in [1.54, 1.807) is 29.2 Å². The lowest BCUT2D eigenvalue weighted by molar-refractivity contribution is -0.141.